The van der Waals surface area contributed by atoms with E-state index in [-0.39, 0.29) is 11.6 Å². The third-order valence-corrected chi connectivity index (χ3v) is 4.89. The molecule has 0 aromatic heterocycles. The number of carbonyl (C=O) groups is 1. The predicted molar refractivity (Wildman–Crippen MR) is 107 cm³/mol. The van der Waals surface area contributed by atoms with Gasteiger partial charge in [0.1, 0.15) is 22.9 Å². The summed E-state index contributed by atoms with van der Waals surface area (Å²) >= 11 is 0. The largest absolute Gasteiger partial charge is 0.497 e. The van der Waals surface area contributed by atoms with E-state index in [0.29, 0.717) is 54.7 Å². The Morgan fingerprint density at radius 3 is 2.00 bits per heavy atom. The first-order chi connectivity index (χ1) is 14.0. The van der Waals surface area contributed by atoms with Gasteiger partial charge in [0.2, 0.25) is 0 Å². The second-order valence-corrected chi connectivity index (χ2v) is 6.49. The Labute approximate surface area is 168 Å². The van der Waals surface area contributed by atoms with Crippen molar-refractivity contribution in [3.8, 4) is 17.2 Å². The number of carbonyl (C=O) groups excluding carboxylic acids is 1. The Morgan fingerprint density at radius 2 is 1.48 bits per heavy atom. The van der Waals surface area contributed by atoms with E-state index >= 15 is 0 Å². The Kier molecular flexibility index (Phi) is 6.06. The number of benzene rings is 2. The molecule has 1 amide bonds. The summed E-state index contributed by atoms with van der Waals surface area (Å²) in [4.78, 5) is 27.6. The molecule has 0 spiro atoms. The lowest BCUT2D eigenvalue weighted by atomic mass is 10.1. The van der Waals surface area contributed by atoms with Gasteiger partial charge in [-0.05, 0) is 24.3 Å². The predicted octanol–water partition coefficient (Wildman–Crippen LogP) is 2.58. The van der Waals surface area contributed by atoms with Crippen LogP contribution in [0.4, 0.5) is 11.4 Å². The van der Waals surface area contributed by atoms with Crippen molar-refractivity contribution in [2.45, 2.75) is 0 Å². The molecule has 154 valence electrons. The van der Waals surface area contributed by atoms with E-state index in [1.165, 1.54) is 27.4 Å². The van der Waals surface area contributed by atoms with E-state index in [4.69, 9.17) is 14.2 Å². The summed E-state index contributed by atoms with van der Waals surface area (Å²) in [6, 6.07) is 9.84. The number of nitro groups is 1. The molecular formula is C20H23N3O6. The van der Waals surface area contributed by atoms with Crippen LogP contribution < -0.4 is 19.1 Å². The van der Waals surface area contributed by atoms with Gasteiger partial charge >= 0.3 is 0 Å². The lowest BCUT2D eigenvalue weighted by Gasteiger charge is -2.36. The normalized spacial score (nSPS) is 13.8. The summed E-state index contributed by atoms with van der Waals surface area (Å²) in [5, 5.41) is 11.4. The molecule has 2 aromatic carbocycles. The van der Waals surface area contributed by atoms with Crippen LogP contribution in [0, 0.1) is 10.1 Å². The summed E-state index contributed by atoms with van der Waals surface area (Å²) in [5.41, 5.74) is 0.984. The van der Waals surface area contributed by atoms with E-state index in [2.05, 4.69) is 0 Å². The summed E-state index contributed by atoms with van der Waals surface area (Å²) in [6.07, 6.45) is 0. The number of rotatable bonds is 6. The highest BCUT2D eigenvalue weighted by atomic mass is 16.6. The van der Waals surface area contributed by atoms with E-state index in [1.807, 2.05) is 4.90 Å². The average Bonchev–Trinajstić information content (AvgIpc) is 2.77. The van der Waals surface area contributed by atoms with Gasteiger partial charge in [0.25, 0.3) is 11.6 Å². The van der Waals surface area contributed by atoms with Crippen molar-refractivity contribution in [1.82, 2.24) is 4.90 Å². The number of hydrogen-bond acceptors (Lipinski definition) is 7. The molecule has 0 aliphatic carbocycles. The van der Waals surface area contributed by atoms with E-state index in [9.17, 15) is 14.9 Å². The first-order valence-corrected chi connectivity index (χ1v) is 9.06. The number of ether oxygens (including phenoxy) is 3. The van der Waals surface area contributed by atoms with Crippen LogP contribution in [0.25, 0.3) is 0 Å². The maximum atomic E-state index is 12.9. The fraction of sp³-hybridized carbons (Fsp3) is 0.350. The second-order valence-electron chi connectivity index (χ2n) is 6.49. The number of hydrogen-bond donors (Lipinski definition) is 0. The molecule has 9 heteroatoms. The smallest absolute Gasteiger partial charge is 0.296 e. The molecule has 1 aliphatic heterocycles. The van der Waals surface area contributed by atoms with Crippen molar-refractivity contribution >= 4 is 17.3 Å². The van der Waals surface area contributed by atoms with Crippen LogP contribution >= 0.6 is 0 Å². The van der Waals surface area contributed by atoms with Crippen LogP contribution in [-0.4, -0.2) is 63.2 Å². The molecule has 1 saturated heterocycles. The molecule has 1 fully saturated rings. The van der Waals surface area contributed by atoms with Crippen molar-refractivity contribution in [2.75, 3.05) is 52.4 Å². The number of nitrogens with zero attached hydrogens (tertiary/aromatic N) is 3. The zero-order valence-electron chi connectivity index (χ0n) is 16.6. The molecular weight excluding hydrogens is 378 g/mol. The quantitative estimate of drug-likeness (QED) is 0.542. The van der Waals surface area contributed by atoms with Gasteiger partial charge in [-0.25, -0.2) is 0 Å². The van der Waals surface area contributed by atoms with Gasteiger partial charge in [0.15, 0.2) is 0 Å². The zero-order chi connectivity index (χ0) is 21.0. The molecule has 0 saturated carbocycles. The molecule has 0 radical (unpaired) electrons. The van der Waals surface area contributed by atoms with Crippen LogP contribution in [0.3, 0.4) is 0 Å². The molecule has 0 unspecified atom stereocenters. The van der Waals surface area contributed by atoms with E-state index in [0.717, 1.165) is 0 Å². The maximum Gasteiger partial charge on any atom is 0.296 e. The molecule has 1 heterocycles. The van der Waals surface area contributed by atoms with Gasteiger partial charge in [0, 0.05) is 37.8 Å². The Hall–Kier alpha value is -3.49. The average molecular weight is 401 g/mol. The van der Waals surface area contributed by atoms with Crippen LogP contribution in [0.5, 0.6) is 17.2 Å². The van der Waals surface area contributed by atoms with E-state index in [1.54, 1.807) is 35.2 Å². The molecule has 2 aromatic rings. The molecule has 9 nitrogen and oxygen atoms in total. The summed E-state index contributed by atoms with van der Waals surface area (Å²) < 4.78 is 15.5. The van der Waals surface area contributed by atoms with Gasteiger partial charge < -0.3 is 24.0 Å². The highest BCUT2D eigenvalue weighted by Crippen LogP contribution is 2.33. The minimum atomic E-state index is -0.419. The van der Waals surface area contributed by atoms with Gasteiger partial charge in [-0.3, -0.25) is 14.9 Å². The van der Waals surface area contributed by atoms with Crippen LogP contribution in [0.1, 0.15) is 10.4 Å². The number of nitro benzene ring substituents is 1. The zero-order valence-corrected chi connectivity index (χ0v) is 16.6. The second kappa shape index (κ2) is 8.68. The third kappa shape index (κ3) is 4.34. The van der Waals surface area contributed by atoms with Gasteiger partial charge in [-0.1, -0.05) is 0 Å². The molecule has 29 heavy (non-hydrogen) atoms. The minimum absolute atomic E-state index is 0.0124. The van der Waals surface area contributed by atoms with Gasteiger partial charge in [-0.2, -0.15) is 0 Å². The number of piperazine rings is 1. The fourth-order valence-electron chi connectivity index (χ4n) is 3.31. The number of methoxy groups -OCH3 is 3. The number of anilines is 1. The molecule has 1 aliphatic rings. The van der Waals surface area contributed by atoms with E-state index < -0.39 is 4.92 Å². The van der Waals surface area contributed by atoms with Crippen molar-refractivity contribution < 1.29 is 23.9 Å². The maximum absolute atomic E-state index is 12.9. The Morgan fingerprint density at radius 1 is 0.897 bits per heavy atom. The van der Waals surface area contributed by atoms with Crippen molar-refractivity contribution in [2.24, 2.45) is 0 Å². The highest BCUT2D eigenvalue weighted by molar-refractivity contribution is 5.95. The topological polar surface area (TPSA) is 94.4 Å². The highest BCUT2D eigenvalue weighted by Gasteiger charge is 2.27. The molecule has 0 atom stereocenters. The SMILES string of the molecule is COc1cc(OC)cc(C(=O)N2CCN(c3ccc(OC)cc3[N+](=O)[O-])CC2)c1. The Bertz CT molecular complexity index is 887. The van der Waals surface area contributed by atoms with Crippen molar-refractivity contribution in [3.63, 3.8) is 0 Å². The summed E-state index contributed by atoms with van der Waals surface area (Å²) in [7, 11) is 4.53. The van der Waals surface area contributed by atoms with Crippen LogP contribution in [0.15, 0.2) is 36.4 Å². The van der Waals surface area contributed by atoms with Crippen molar-refractivity contribution in [3.05, 3.63) is 52.1 Å². The minimum Gasteiger partial charge on any atom is -0.497 e. The molecule has 3 rings (SSSR count). The van der Waals surface area contributed by atoms with Gasteiger partial charge in [-0.15, -0.1) is 0 Å². The fourth-order valence-corrected chi connectivity index (χ4v) is 3.31. The first kappa shape index (κ1) is 20.2. The van der Waals surface area contributed by atoms with Crippen molar-refractivity contribution in [1.29, 1.82) is 0 Å². The van der Waals surface area contributed by atoms with Crippen LogP contribution in [0.2, 0.25) is 0 Å². The molecule has 0 bridgehead atoms. The summed E-state index contributed by atoms with van der Waals surface area (Å²) in [6.45, 7) is 1.86. The monoisotopic (exact) mass is 401 g/mol. The third-order valence-electron chi connectivity index (χ3n) is 4.89. The lowest BCUT2D eigenvalue weighted by Crippen LogP contribution is -2.49. The van der Waals surface area contributed by atoms with Crippen LogP contribution in [-0.2, 0) is 0 Å². The standard InChI is InChI=1S/C20H23N3O6/c1-27-15-4-5-18(19(13-15)23(25)26)21-6-8-22(9-7-21)20(24)14-10-16(28-2)12-17(11-14)29-3/h4-5,10-13H,6-9H2,1-3H3. The summed E-state index contributed by atoms with van der Waals surface area (Å²) in [5.74, 6) is 1.38. The lowest BCUT2D eigenvalue weighted by molar-refractivity contribution is -0.384. The number of amides is 1. The Balaban J connectivity index is 1.74. The van der Waals surface area contributed by atoms with Gasteiger partial charge in [0.05, 0.1) is 32.3 Å². The molecule has 0 N–H and O–H groups in total. The first-order valence-electron chi connectivity index (χ1n) is 9.06.